The molecule has 142 valence electrons. The molecule has 1 saturated heterocycles. The minimum atomic E-state index is -1.25. The molecule has 4 N–H and O–H groups in total. The number of fused-ring (bicyclic) bond motifs is 1. The summed E-state index contributed by atoms with van der Waals surface area (Å²) in [6.45, 7) is -0.418. The van der Waals surface area contributed by atoms with Crippen LogP contribution in [-0.4, -0.2) is 65.9 Å². The van der Waals surface area contributed by atoms with Crippen molar-refractivity contribution in [3.63, 3.8) is 0 Å². The van der Waals surface area contributed by atoms with Gasteiger partial charge in [0.2, 0.25) is 5.28 Å². The molecule has 26 heavy (non-hydrogen) atoms. The van der Waals surface area contributed by atoms with Crippen molar-refractivity contribution in [2.75, 3.05) is 12.1 Å². The predicted octanol–water partition coefficient (Wildman–Crippen LogP) is 0.377. The SMILES string of the molecule is OCC1OC(n2cnc3c(NOC4CCCC4)nc(Cl)nc32)C(O)C1O. The van der Waals surface area contributed by atoms with E-state index in [2.05, 4.69) is 20.4 Å². The topological polar surface area (TPSA) is 135 Å². The average molecular weight is 386 g/mol. The van der Waals surface area contributed by atoms with Crippen molar-refractivity contribution in [3.05, 3.63) is 11.6 Å². The van der Waals surface area contributed by atoms with Crippen molar-refractivity contribution in [1.29, 1.82) is 0 Å². The van der Waals surface area contributed by atoms with Gasteiger partial charge in [0.25, 0.3) is 0 Å². The number of aromatic nitrogens is 4. The fraction of sp³-hybridized carbons (Fsp3) is 0.667. The molecule has 1 saturated carbocycles. The summed E-state index contributed by atoms with van der Waals surface area (Å²) in [5.41, 5.74) is 3.52. The zero-order valence-electron chi connectivity index (χ0n) is 13.8. The van der Waals surface area contributed by atoms with Gasteiger partial charge < -0.3 is 20.1 Å². The Morgan fingerprint density at radius 1 is 1.27 bits per heavy atom. The molecule has 3 heterocycles. The molecule has 1 aliphatic carbocycles. The summed E-state index contributed by atoms with van der Waals surface area (Å²) in [4.78, 5) is 18.2. The molecule has 0 amide bonds. The molecule has 2 aliphatic rings. The Kier molecular flexibility index (Phi) is 4.95. The zero-order valence-corrected chi connectivity index (χ0v) is 14.6. The van der Waals surface area contributed by atoms with Crippen molar-refractivity contribution >= 4 is 28.6 Å². The van der Waals surface area contributed by atoms with Crippen molar-refractivity contribution < 1.29 is 24.9 Å². The highest BCUT2D eigenvalue weighted by atomic mass is 35.5. The molecule has 2 aromatic heterocycles. The summed E-state index contributed by atoms with van der Waals surface area (Å²) < 4.78 is 6.98. The van der Waals surface area contributed by atoms with Gasteiger partial charge in [0.05, 0.1) is 19.0 Å². The van der Waals surface area contributed by atoms with E-state index in [4.69, 9.17) is 21.2 Å². The predicted molar refractivity (Wildman–Crippen MR) is 90.3 cm³/mol. The first-order valence-corrected chi connectivity index (χ1v) is 8.90. The number of imidazole rings is 1. The number of hydrogen-bond donors (Lipinski definition) is 4. The van der Waals surface area contributed by atoms with Gasteiger partial charge >= 0.3 is 0 Å². The molecule has 11 heteroatoms. The second-order valence-corrected chi connectivity index (χ2v) is 6.86. The molecule has 0 bridgehead atoms. The number of rotatable bonds is 5. The lowest BCUT2D eigenvalue weighted by Crippen LogP contribution is -2.33. The van der Waals surface area contributed by atoms with Gasteiger partial charge in [0.15, 0.2) is 23.2 Å². The average Bonchev–Trinajstić information content (AvgIpc) is 3.34. The number of anilines is 1. The summed E-state index contributed by atoms with van der Waals surface area (Å²) in [6, 6.07) is 0. The lowest BCUT2D eigenvalue weighted by Gasteiger charge is -2.17. The summed E-state index contributed by atoms with van der Waals surface area (Å²) in [5, 5.41) is 29.4. The summed E-state index contributed by atoms with van der Waals surface area (Å²) in [5.74, 6) is 0.317. The molecule has 4 rings (SSSR count). The summed E-state index contributed by atoms with van der Waals surface area (Å²) >= 11 is 6.02. The highest BCUT2D eigenvalue weighted by molar-refractivity contribution is 6.28. The van der Waals surface area contributed by atoms with E-state index in [9.17, 15) is 15.3 Å². The van der Waals surface area contributed by atoms with Crippen LogP contribution in [0.25, 0.3) is 11.2 Å². The molecule has 4 atom stereocenters. The number of ether oxygens (including phenoxy) is 1. The van der Waals surface area contributed by atoms with Gasteiger partial charge in [-0.2, -0.15) is 9.97 Å². The fourth-order valence-electron chi connectivity index (χ4n) is 3.40. The molecule has 4 unspecified atom stereocenters. The molecule has 2 aromatic rings. The normalized spacial score (nSPS) is 29.7. The number of aliphatic hydroxyl groups excluding tert-OH is 3. The molecule has 2 fully saturated rings. The third-order valence-electron chi connectivity index (χ3n) is 4.81. The van der Waals surface area contributed by atoms with Gasteiger partial charge in [0, 0.05) is 0 Å². The maximum atomic E-state index is 10.2. The lowest BCUT2D eigenvalue weighted by atomic mass is 10.1. The van der Waals surface area contributed by atoms with Crippen LogP contribution >= 0.6 is 11.6 Å². The molecular weight excluding hydrogens is 366 g/mol. The Hall–Kier alpha value is -1.56. The smallest absolute Gasteiger partial charge is 0.226 e. The van der Waals surface area contributed by atoms with Gasteiger partial charge in [-0.15, -0.1) is 0 Å². The maximum Gasteiger partial charge on any atom is 0.226 e. The Balaban J connectivity index is 1.63. The molecule has 10 nitrogen and oxygen atoms in total. The standard InChI is InChI=1S/C15H20ClN5O5/c16-15-18-12(20-26-7-3-1-2-4-7)9-13(19-15)21(6-17-9)14-11(24)10(23)8(5-22)25-14/h6-8,10-11,14,22-24H,1-5H2,(H,18,19,20). The van der Waals surface area contributed by atoms with E-state index in [0.717, 1.165) is 25.7 Å². The largest absolute Gasteiger partial charge is 0.394 e. The minimum Gasteiger partial charge on any atom is -0.394 e. The Labute approximate surface area is 153 Å². The van der Waals surface area contributed by atoms with E-state index in [1.54, 1.807) is 0 Å². The van der Waals surface area contributed by atoms with Gasteiger partial charge in [0.1, 0.15) is 18.3 Å². The van der Waals surface area contributed by atoms with E-state index >= 15 is 0 Å². The van der Waals surface area contributed by atoms with Crippen LogP contribution in [0.15, 0.2) is 6.33 Å². The van der Waals surface area contributed by atoms with Crippen molar-refractivity contribution in [3.8, 4) is 0 Å². The van der Waals surface area contributed by atoms with Crippen LogP contribution in [0.5, 0.6) is 0 Å². The van der Waals surface area contributed by atoms with Crippen LogP contribution in [-0.2, 0) is 9.57 Å². The molecule has 0 spiro atoms. The fourth-order valence-corrected chi connectivity index (χ4v) is 3.57. The van der Waals surface area contributed by atoms with E-state index in [1.165, 1.54) is 10.9 Å². The number of nitrogens with zero attached hydrogens (tertiary/aromatic N) is 4. The molecular formula is C15H20ClN5O5. The van der Waals surface area contributed by atoms with Crippen LogP contribution in [0.1, 0.15) is 31.9 Å². The van der Waals surface area contributed by atoms with Crippen LogP contribution in [0.2, 0.25) is 5.28 Å². The minimum absolute atomic E-state index is 0.0245. The highest BCUT2D eigenvalue weighted by Gasteiger charge is 2.44. The Morgan fingerprint density at radius 2 is 2.04 bits per heavy atom. The van der Waals surface area contributed by atoms with Gasteiger partial charge in [-0.25, -0.2) is 10.5 Å². The van der Waals surface area contributed by atoms with Crippen LogP contribution in [0, 0.1) is 0 Å². The quantitative estimate of drug-likeness (QED) is 0.425. The van der Waals surface area contributed by atoms with Crippen LogP contribution in [0.4, 0.5) is 5.82 Å². The number of halogens is 1. The second kappa shape index (κ2) is 7.22. The number of hydrogen-bond acceptors (Lipinski definition) is 9. The zero-order chi connectivity index (χ0) is 18.3. The first kappa shape index (κ1) is 17.8. The first-order chi connectivity index (χ1) is 12.6. The number of nitrogens with one attached hydrogen (secondary N) is 1. The monoisotopic (exact) mass is 385 g/mol. The third-order valence-corrected chi connectivity index (χ3v) is 4.98. The van der Waals surface area contributed by atoms with Crippen molar-refractivity contribution in [1.82, 2.24) is 19.5 Å². The van der Waals surface area contributed by atoms with Crippen LogP contribution < -0.4 is 5.48 Å². The third kappa shape index (κ3) is 3.13. The second-order valence-electron chi connectivity index (χ2n) is 6.52. The van der Waals surface area contributed by atoms with Gasteiger partial charge in [-0.05, 0) is 24.4 Å². The maximum absolute atomic E-state index is 10.2. The van der Waals surface area contributed by atoms with Gasteiger partial charge in [-0.1, -0.05) is 12.8 Å². The Morgan fingerprint density at radius 3 is 2.73 bits per heavy atom. The number of aliphatic hydroxyl groups is 3. The van der Waals surface area contributed by atoms with E-state index in [-0.39, 0.29) is 11.4 Å². The first-order valence-electron chi connectivity index (χ1n) is 8.52. The van der Waals surface area contributed by atoms with Crippen molar-refractivity contribution in [2.24, 2.45) is 0 Å². The van der Waals surface area contributed by atoms with E-state index in [0.29, 0.717) is 17.0 Å². The summed E-state index contributed by atoms with van der Waals surface area (Å²) in [7, 11) is 0. The van der Waals surface area contributed by atoms with Crippen LogP contribution in [0.3, 0.4) is 0 Å². The van der Waals surface area contributed by atoms with Crippen molar-refractivity contribution in [2.45, 2.75) is 56.3 Å². The lowest BCUT2D eigenvalue weighted by molar-refractivity contribution is -0.0511. The summed E-state index contributed by atoms with van der Waals surface area (Å²) in [6.07, 6.45) is 1.43. The molecule has 0 aromatic carbocycles. The van der Waals surface area contributed by atoms with E-state index in [1.807, 2.05) is 0 Å². The van der Waals surface area contributed by atoms with E-state index < -0.39 is 31.1 Å². The molecule has 0 radical (unpaired) electrons. The van der Waals surface area contributed by atoms with Gasteiger partial charge in [-0.3, -0.25) is 9.40 Å². The Bertz CT molecular complexity index is 783. The highest BCUT2D eigenvalue weighted by Crippen LogP contribution is 2.33. The molecule has 1 aliphatic heterocycles.